The van der Waals surface area contributed by atoms with Crippen LogP contribution in [0.3, 0.4) is 0 Å². The number of aliphatic hydroxyl groups is 1. The lowest BCUT2D eigenvalue weighted by molar-refractivity contribution is -0.318. The summed E-state index contributed by atoms with van der Waals surface area (Å²) >= 11 is 1.46. The van der Waals surface area contributed by atoms with E-state index in [-0.39, 0.29) is 6.10 Å². The van der Waals surface area contributed by atoms with Gasteiger partial charge in [-0.1, -0.05) is 37.3 Å². The topological polar surface area (TPSA) is 74.2 Å². The van der Waals surface area contributed by atoms with Gasteiger partial charge in [0.05, 0.1) is 6.61 Å². The first-order valence-electron chi connectivity index (χ1n) is 7.60. The van der Waals surface area contributed by atoms with Gasteiger partial charge in [0.2, 0.25) is 0 Å². The Morgan fingerprint density at radius 1 is 1.35 bits per heavy atom. The number of rotatable bonds is 5. The number of ether oxygens (including phenoxy) is 4. The molecule has 2 aliphatic heterocycles. The number of carbonyl (C=O) groups excluding carboxylic acids is 1. The van der Waals surface area contributed by atoms with Gasteiger partial charge >= 0.3 is 0 Å². The lowest BCUT2D eigenvalue weighted by Gasteiger charge is -2.47. The fourth-order valence-electron chi connectivity index (χ4n) is 2.86. The largest absolute Gasteiger partial charge is 0.459 e. The molecule has 126 valence electrons. The van der Waals surface area contributed by atoms with Crippen LogP contribution in [-0.4, -0.2) is 53.8 Å². The maximum Gasteiger partial charge on any atom is 0.293 e. The van der Waals surface area contributed by atoms with Crippen molar-refractivity contribution in [3.8, 4) is 0 Å². The van der Waals surface area contributed by atoms with E-state index >= 15 is 0 Å². The Morgan fingerprint density at radius 2 is 2.13 bits per heavy atom. The van der Waals surface area contributed by atoms with Crippen molar-refractivity contribution in [2.45, 2.75) is 43.1 Å². The summed E-state index contributed by atoms with van der Waals surface area (Å²) in [6.45, 7) is 2.64. The molecule has 6 nitrogen and oxygen atoms in total. The molecule has 0 amide bonds. The molecule has 1 aromatic carbocycles. The zero-order valence-corrected chi connectivity index (χ0v) is 13.6. The average Bonchev–Trinajstić information content (AvgIpc) is 2.59. The number of aliphatic hydroxyl groups excluding tert-OH is 1. The van der Waals surface area contributed by atoms with E-state index in [9.17, 15) is 9.90 Å². The molecular weight excluding hydrogens is 320 g/mol. The van der Waals surface area contributed by atoms with E-state index in [2.05, 4.69) is 0 Å². The number of hydrogen-bond acceptors (Lipinski definition) is 7. The summed E-state index contributed by atoms with van der Waals surface area (Å²) < 4.78 is 22.7. The molecule has 0 bridgehead atoms. The van der Waals surface area contributed by atoms with E-state index in [4.69, 9.17) is 18.9 Å². The summed E-state index contributed by atoms with van der Waals surface area (Å²) in [6, 6.07) is 9.50. The highest BCUT2D eigenvalue weighted by Crippen LogP contribution is 2.37. The van der Waals surface area contributed by atoms with Gasteiger partial charge < -0.3 is 24.1 Å². The molecule has 0 spiro atoms. The molecule has 0 saturated carbocycles. The summed E-state index contributed by atoms with van der Waals surface area (Å²) in [6.07, 6.45) is -3.23. The van der Waals surface area contributed by atoms with Gasteiger partial charge in [0, 0.05) is 5.56 Å². The van der Waals surface area contributed by atoms with Crippen molar-refractivity contribution < 1.29 is 28.8 Å². The van der Waals surface area contributed by atoms with Gasteiger partial charge in [0.1, 0.15) is 23.7 Å². The predicted molar refractivity (Wildman–Crippen MR) is 83.7 cm³/mol. The monoisotopic (exact) mass is 340 g/mol. The molecule has 0 aromatic heterocycles. The van der Waals surface area contributed by atoms with Crippen LogP contribution in [0.2, 0.25) is 0 Å². The molecule has 2 aliphatic rings. The molecule has 6 atom stereocenters. The van der Waals surface area contributed by atoms with Crippen molar-refractivity contribution in [1.82, 2.24) is 0 Å². The molecule has 3 rings (SSSR count). The highest BCUT2D eigenvalue weighted by molar-refractivity contribution is 7.99. The van der Waals surface area contributed by atoms with Crippen LogP contribution in [0.1, 0.15) is 18.8 Å². The summed E-state index contributed by atoms with van der Waals surface area (Å²) in [7, 11) is 0. The quantitative estimate of drug-likeness (QED) is 0.814. The molecule has 1 N–H and O–H groups in total. The first-order valence-corrected chi connectivity index (χ1v) is 8.65. The number of carbonyl (C=O) groups is 1. The lowest BCUT2D eigenvalue weighted by atomic mass is 9.98. The normalized spacial score (nSPS) is 37.0. The maximum absolute atomic E-state index is 10.8. The minimum Gasteiger partial charge on any atom is -0.459 e. The van der Waals surface area contributed by atoms with E-state index < -0.39 is 30.0 Å². The lowest BCUT2D eigenvalue weighted by Crippen LogP contribution is -2.61. The number of hydrogen-bond donors (Lipinski definition) is 1. The zero-order chi connectivity index (χ0) is 16.2. The van der Waals surface area contributed by atoms with E-state index in [1.165, 1.54) is 11.8 Å². The predicted octanol–water partition coefficient (Wildman–Crippen LogP) is 1.48. The fraction of sp³-hybridized carbons (Fsp3) is 0.562. The van der Waals surface area contributed by atoms with Crippen molar-refractivity contribution in [2.75, 3.05) is 12.4 Å². The molecule has 1 aromatic rings. The SMILES string of the molecule is CCS[C@@H]1O[C@@H]2COC(c3ccccc3)O[C@H]2[C@H](OC=O)[C@H]1O. The van der Waals surface area contributed by atoms with Crippen LogP contribution in [-0.2, 0) is 23.7 Å². The van der Waals surface area contributed by atoms with Crippen LogP contribution >= 0.6 is 11.8 Å². The Kier molecular flexibility index (Phi) is 5.55. The third-order valence-corrected chi connectivity index (χ3v) is 4.97. The van der Waals surface area contributed by atoms with Gasteiger partial charge in [-0.2, -0.15) is 0 Å². The third kappa shape index (κ3) is 3.54. The smallest absolute Gasteiger partial charge is 0.293 e. The second-order valence-corrected chi connectivity index (χ2v) is 6.74. The van der Waals surface area contributed by atoms with Crippen LogP contribution in [0.4, 0.5) is 0 Å². The van der Waals surface area contributed by atoms with Gasteiger partial charge in [-0.3, -0.25) is 4.79 Å². The van der Waals surface area contributed by atoms with Gasteiger partial charge in [0.15, 0.2) is 12.4 Å². The first-order chi connectivity index (χ1) is 11.2. The second-order valence-electron chi connectivity index (χ2n) is 5.36. The minimum atomic E-state index is -0.944. The summed E-state index contributed by atoms with van der Waals surface area (Å²) in [4.78, 5) is 10.8. The van der Waals surface area contributed by atoms with Crippen LogP contribution in [0, 0.1) is 0 Å². The molecule has 23 heavy (non-hydrogen) atoms. The van der Waals surface area contributed by atoms with Crippen LogP contribution in [0.25, 0.3) is 0 Å². The molecule has 2 saturated heterocycles. The number of benzene rings is 1. The Balaban J connectivity index is 1.77. The Morgan fingerprint density at radius 3 is 2.83 bits per heavy atom. The van der Waals surface area contributed by atoms with E-state index in [0.29, 0.717) is 13.1 Å². The maximum atomic E-state index is 10.8. The highest BCUT2D eigenvalue weighted by atomic mass is 32.2. The molecule has 0 aliphatic carbocycles. The minimum absolute atomic E-state index is 0.316. The second kappa shape index (κ2) is 7.63. The summed E-state index contributed by atoms with van der Waals surface area (Å²) in [5, 5.41) is 10.4. The average molecular weight is 340 g/mol. The van der Waals surface area contributed by atoms with Crippen molar-refractivity contribution in [3.05, 3.63) is 35.9 Å². The van der Waals surface area contributed by atoms with Gasteiger partial charge in [-0.15, -0.1) is 11.8 Å². The Hall–Kier alpha value is -1.12. The zero-order valence-electron chi connectivity index (χ0n) is 12.7. The van der Waals surface area contributed by atoms with E-state index in [0.717, 1.165) is 11.3 Å². The molecule has 0 radical (unpaired) electrons. The van der Waals surface area contributed by atoms with Gasteiger partial charge in [-0.25, -0.2) is 0 Å². The van der Waals surface area contributed by atoms with Crippen molar-refractivity contribution in [1.29, 1.82) is 0 Å². The van der Waals surface area contributed by atoms with Gasteiger partial charge in [-0.05, 0) is 5.75 Å². The van der Waals surface area contributed by atoms with Crippen molar-refractivity contribution in [2.24, 2.45) is 0 Å². The van der Waals surface area contributed by atoms with E-state index in [1.54, 1.807) is 0 Å². The molecule has 2 fully saturated rings. The molecule has 7 heteroatoms. The molecular formula is C16H20O6S. The third-order valence-electron chi connectivity index (χ3n) is 3.92. The molecule has 2 heterocycles. The van der Waals surface area contributed by atoms with Crippen LogP contribution in [0.15, 0.2) is 30.3 Å². The van der Waals surface area contributed by atoms with Crippen LogP contribution < -0.4 is 0 Å². The summed E-state index contributed by atoms with van der Waals surface area (Å²) in [5.41, 5.74) is 0.405. The molecule has 1 unspecified atom stereocenters. The standard InChI is InChI=1S/C16H20O6S/c1-2-23-16-12(18)14(20-9-17)13-11(21-16)8-19-15(22-13)10-6-4-3-5-7-10/h3-7,9,11-16,18H,2,8H2,1H3/t11-,12-,13-,14-,15?,16+/m1/s1. The number of fused-ring (bicyclic) bond motifs is 1. The van der Waals surface area contributed by atoms with E-state index in [1.807, 2.05) is 37.3 Å². The number of thioether (sulfide) groups is 1. The Labute approximate surface area is 139 Å². The fourth-order valence-corrected chi connectivity index (χ4v) is 3.77. The first kappa shape index (κ1) is 16.7. The van der Waals surface area contributed by atoms with Gasteiger partial charge in [0.25, 0.3) is 6.47 Å². The van der Waals surface area contributed by atoms with Crippen molar-refractivity contribution in [3.63, 3.8) is 0 Å². The van der Waals surface area contributed by atoms with Crippen molar-refractivity contribution >= 4 is 18.2 Å². The Bertz CT molecular complexity index is 513. The van der Waals surface area contributed by atoms with Crippen LogP contribution in [0.5, 0.6) is 0 Å². The summed E-state index contributed by atoms with van der Waals surface area (Å²) in [5.74, 6) is 0.779. The highest BCUT2D eigenvalue weighted by Gasteiger charge is 2.50.